The van der Waals surface area contributed by atoms with Crippen LogP contribution in [0.3, 0.4) is 0 Å². The number of hydrogen-bond acceptors (Lipinski definition) is 7. The van der Waals surface area contributed by atoms with Crippen LogP contribution >= 0.6 is 0 Å². The molecule has 5 rings (SSSR count). The van der Waals surface area contributed by atoms with Crippen molar-refractivity contribution in [2.24, 2.45) is 0 Å². The summed E-state index contributed by atoms with van der Waals surface area (Å²) in [6, 6.07) is 0.505. The molecule has 4 aromatic rings. The molecule has 1 fully saturated rings. The first-order valence-corrected chi connectivity index (χ1v) is 9.64. The van der Waals surface area contributed by atoms with Crippen LogP contribution in [0, 0.1) is 0 Å². The van der Waals surface area contributed by atoms with Gasteiger partial charge < -0.3 is 5.32 Å². The average Bonchev–Trinajstić information content (AvgIpc) is 3.48. The first-order chi connectivity index (χ1) is 13.8. The summed E-state index contributed by atoms with van der Waals surface area (Å²) in [4.78, 5) is 12.9. The summed E-state index contributed by atoms with van der Waals surface area (Å²) in [5.41, 5.74) is 3.47. The summed E-state index contributed by atoms with van der Waals surface area (Å²) in [5.74, 6) is 1.27. The van der Waals surface area contributed by atoms with Crippen LogP contribution in [0.5, 0.6) is 0 Å². The normalized spacial score (nSPS) is 14.8. The largest absolute Gasteiger partial charge is 0.334 e. The van der Waals surface area contributed by atoms with Gasteiger partial charge in [0.25, 0.3) is 0 Å². The van der Waals surface area contributed by atoms with Crippen LogP contribution in [0.4, 0.5) is 11.5 Å². The van der Waals surface area contributed by atoms with E-state index in [1.54, 1.807) is 24.8 Å². The number of aromatic nitrogens is 8. The van der Waals surface area contributed by atoms with E-state index in [1.165, 1.54) is 31.4 Å². The Morgan fingerprint density at radius 3 is 2.75 bits per heavy atom. The van der Waals surface area contributed by atoms with Gasteiger partial charge in [-0.15, -0.1) is 10.2 Å². The Balaban J connectivity index is 1.52. The molecule has 9 nitrogen and oxygen atoms in total. The van der Waals surface area contributed by atoms with Crippen LogP contribution in [0.1, 0.15) is 44.3 Å². The molecule has 0 amide bonds. The molecule has 28 heavy (non-hydrogen) atoms. The van der Waals surface area contributed by atoms with E-state index in [-0.39, 0.29) is 0 Å². The third-order valence-electron chi connectivity index (χ3n) is 5.28. The molecule has 0 unspecified atom stereocenters. The lowest BCUT2D eigenvalue weighted by molar-refractivity contribution is 0.451. The lowest BCUT2D eigenvalue weighted by atomic mass is 10.2. The van der Waals surface area contributed by atoms with Crippen LogP contribution in [0.25, 0.3) is 17.2 Å². The van der Waals surface area contributed by atoms with Crippen molar-refractivity contribution in [1.29, 1.82) is 0 Å². The fourth-order valence-electron chi connectivity index (χ4n) is 3.94. The molecule has 1 N–H and O–H groups in total. The van der Waals surface area contributed by atoms with E-state index in [1.807, 2.05) is 16.8 Å². The highest BCUT2D eigenvalue weighted by Gasteiger charge is 2.22. The zero-order valence-corrected chi connectivity index (χ0v) is 15.7. The van der Waals surface area contributed by atoms with Gasteiger partial charge in [0.2, 0.25) is 5.65 Å². The number of hydrogen-bond donors (Lipinski definition) is 1. The number of fused-ring (bicyclic) bond motifs is 1. The third-order valence-corrected chi connectivity index (χ3v) is 5.28. The van der Waals surface area contributed by atoms with Crippen molar-refractivity contribution < 1.29 is 0 Å². The first-order valence-electron chi connectivity index (χ1n) is 9.64. The van der Waals surface area contributed by atoms with Crippen molar-refractivity contribution in [2.75, 3.05) is 5.32 Å². The first kappa shape index (κ1) is 16.8. The van der Waals surface area contributed by atoms with Crippen LogP contribution < -0.4 is 5.32 Å². The Hall–Kier alpha value is -3.36. The van der Waals surface area contributed by atoms with E-state index in [0.29, 0.717) is 29.0 Å². The van der Waals surface area contributed by atoms with Gasteiger partial charge in [-0.3, -0.25) is 14.1 Å². The summed E-state index contributed by atoms with van der Waals surface area (Å²) in [5, 5.41) is 16.7. The zero-order chi connectivity index (χ0) is 18.9. The molecule has 4 aromatic heterocycles. The second-order valence-corrected chi connectivity index (χ2v) is 6.95. The second kappa shape index (κ2) is 6.99. The van der Waals surface area contributed by atoms with Crippen molar-refractivity contribution in [3.8, 4) is 11.5 Å². The molecule has 0 atom stereocenters. The fraction of sp³-hybridized carbons (Fsp3) is 0.368. The number of rotatable bonds is 5. The lowest BCUT2D eigenvalue weighted by Gasteiger charge is -2.14. The van der Waals surface area contributed by atoms with Crippen LogP contribution in [0.2, 0.25) is 0 Å². The number of anilines is 2. The number of nitrogens with one attached hydrogen (secondary N) is 1. The monoisotopic (exact) mass is 375 g/mol. The Labute approximate surface area is 161 Å². The molecule has 0 bridgehead atoms. The summed E-state index contributed by atoms with van der Waals surface area (Å²) < 4.78 is 4.05. The standard InChI is InChI=1S/C19H21N9/c1-2-16-14(12-23-28(16)13-5-3-4-6-13)24-17-19-26-25-18(27(19)10-9-22-17)15-11-20-7-8-21-15/h7-13H,2-6H2,1H3,(H,22,24). The topological polar surface area (TPSA) is 98.7 Å². The minimum atomic E-state index is 0.505. The smallest absolute Gasteiger partial charge is 0.204 e. The molecular weight excluding hydrogens is 354 g/mol. The molecule has 9 heteroatoms. The van der Waals surface area contributed by atoms with E-state index in [2.05, 4.69) is 47.2 Å². The SMILES string of the molecule is CCc1c(Nc2nccn3c(-c4cnccn4)nnc23)cnn1C1CCCC1. The molecule has 0 saturated heterocycles. The van der Waals surface area contributed by atoms with Gasteiger partial charge in [-0.05, 0) is 19.3 Å². The van der Waals surface area contributed by atoms with Gasteiger partial charge in [0, 0.05) is 24.8 Å². The van der Waals surface area contributed by atoms with Gasteiger partial charge in [-0.25, -0.2) is 9.97 Å². The quantitative estimate of drug-likeness (QED) is 0.572. The van der Waals surface area contributed by atoms with Crippen molar-refractivity contribution >= 4 is 17.2 Å². The van der Waals surface area contributed by atoms with Crippen molar-refractivity contribution in [3.05, 3.63) is 42.9 Å². The van der Waals surface area contributed by atoms with Gasteiger partial charge in [-0.2, -0.15) is 5.10 Å². The summed E-state index contributed by atoms with van der Waals surface area (Å²) in [7, 11) is 0. The molecule has 0 aromatic carbocycles. The van der Waals surface area contributed by atoms with Crippen LogP contribution in [-0.4, -0.2) is 39.3 Å². The highest BCUT2D eigenvalue weighted by Crippen LogP contribution is 2.33. The van der Waals surface area contributed by atoms with E-state index in [0.717, 1.165) is 12.1 Å². The maximum absolute atomic E-state index is 4.66. The molecule has 1 saturated carbocycles. The van der Waals surface area contributed by atoms with E-state index >= 15 is 0 Å². The lowest BCUT2D eigenvalue weighted by Crippen LogP contribution is -2.10. The highest BCUT2D eigenvalue weighted by molar-refractivity contribution is 5.72. The number of nitrogens with zero attached hydrogens (tertiary/aromatic N) is 8. The van der Waals surface area contributed by atoms with Gasteiger partial charge in [0.05, 0.1) is 29.8 Å². The summed E-state index contributed by atoms with van der Waals surface area (Å²) in [6.45, 7) is 2.16. The van der Waals surface area contributed by atoms with E-state index in [4.69, 9.17) is 0 Å². The third kappa shape index (κ3) is 2.79. The predicted molar refractivity (Wildman–Crippen MR) is 104 cm³/mol. The molecule has 0 radical (unpaired) electrons. The minimum absolute atomic E-state index is 0.505. The molecule has 0 aliphatic heterocycles. The fourth-order valence-corrected chi connectivity index (χ4v) is 3.94. The maximum atomic E-state index is 4.66. The molecule has 4 heterocycles. The summed E-state index contributed by atoms with van der Waals surface area (Å²) >= 11 is 0. The van der Waals surface area contributed by atoms with Gasteiger partial charge in [-0.1, -0.05) is 19.8 Å². The maximum Gasteiger partial charge on any atom is 0.204 e. The van der Waals surface area contributed by atoms with Crippen LogP contribution in [-0.2, 0) is 6.42 Å². The Morgan fingerprint density at radius 2 is 1.96 bits per heavy atom. The van der Waals surface area contributed by atoms with Crippen molar-refractivity contribution in [1.82, 2.24) is 39.3 Å². The minimum Gasteiger partial charge on any atom is -0.334 e. The van der Waals surface area contributed by atoms with Gasteiger partial charge in [0.1, 0.15) is 5.69 Å². The van der Waals surface area contributed by atoms with E-state index < -0.39 is 0 Å². The summed E-state index contributed by atoms with van der Waals surface area (Å²) in [6.07, 6.45) is 16.3. The molecule has 1 aliphatic rings. The Kier molecular flexibility index (Phi) is 4.19. The van der Waals surface area contributed by atoms with Gasteiger partial charge >= 0.3 is 0 Å². The molecule has 1 aliphatic carbocycles. The Morgan fingerprint density at radius 1 is 1.07 bits per heavy atom. The van der Waals surface area contributed by atoms with Crippen molar-refractivity contribution in [3.63, 3.8) is 0 Å². The zero-order valence-electron chi connectivity index (χ0n) is 15.7. The molecule has 142 valence electrons. The second-order valence-electron chi connectivity index (χ2n) is 6.95. The highest BCUT2D eigenvalue weighted by atomic mass is 15.3. The molecular formula is C19H21N9. The van der Waals surface area contributed by atoms with E-state index in [9.17, 15) is 0 Å². The van der Waals surface area contributed by atoms with Gasteiger partial charge in [0.15, 0.2) is 11.6 Å². The average molecular weight is 375 g/mol. The predicted octanol–water partition coefficient (Wildman–Crippen LogP) is 3.20. The Bertz CT molecular complexity index is 1090. The van der Waals surface area contributed by atoms with Crippen molar-refractivity contribution in [2.45, 2.75) is 45.1 Å². The molecule has 0 spiro atoms. The van der Waals surface area contributed by atoms with Crippen LogP contribution in [0.15, 0.2) is 37.2 Å².